The fourth-order valence-electron chi connectivity index (χ4n) is 3.82. The van der Waals surface area contributed by atoms with Gasteiger partial charge in [-0.25, -0.2) is 4.79 Å². The second-order valence-electron chi connectivity index (χ2n) is 7.61. The van der Waals surface area contributed by atoms with E-state index in [1.807, 2.05) is 4.57 Å². The van der Waals surface area contributed by atoms with E-state index in [1.165, 1.54) is 26.3 Å². The summed E-state index contributed by atoms with van der Waals surface area (Å²) in [5.41, 5.74) is 0.775. The monoisotopic (exact) mass is 388 g/mol. The molecule has 6 nitrogen and oxygen atoms in total. The molecule has 0 radical (unpaired) electrons. The Labute approximate surface area is 161 Å². The van der Waals surface area contributed by atoms with Gasteiger partial charge in [-0.05, 0) is 43.4 Å². The molecule has 0 amide bonds. The van der Waals surface area contributed by atoms with Gasteiger partial charge in [0, 0.05) is 4.88 Å². The van der Waals surface area contributed by atoms with E-state index >= 15 is 0 Å². The van der Waals surface area contributed by atoms with Gasteiger partial charge in [0.1, 0.15) is 10.6 Å². The highest BCUT2D eigenvalue weighted by Gasteiger charge is 2.23. The molecule has 0 aliphatic heterocycles. The van der Waals surface area contributed by atoms with Crippen LogP contribution < -0.4 is 16.1 Å². The third kappa shape index (κ3) is 3.41. The number of nitrogens with one attached hydrogen (secondary N) is 1. The fourth-order valence-corrected chi connectivity index (χ4v) is 5.22. The van der Waals surface area contributed by atoms with Crippen molar-refractivity contribution in [3.05, 3.63) is 55.4 Å². The Morgan fingerprint density at radius 3 is 2.70 bits per heavy atom. The smallest absolute Gasteiger partial charge is 0.332 e. The molecule has 4 rings (SSSR count). The summed E-state index contributed by atoms with van der Waals surface area (Å²) in [6, 6.07) is 3.59. The van der Waals surface area contributed by atoms with Crippen LogP contribution in [0, 0.1) is 0 Å². The van der Waals surface area contributed by atoms with Gasteiger partial charge in [0.05, 0.1) is 45.4 Å². The van der Waals surface area contributed by atoms with Crippen LogP contribution >= 0.6 is 11.3 Å². The number of fused-ring (bicyclic) bond motifs is 3. The van der Waals surface area contributed by atoms with E-state index in [2.05, 4.69) is 14.1 Å². The van der Waals surface area contributed by atoms with E-state index in [0.717, 1.165) is 42.4 Å². The molecule has 0 aromatic carbocycles. The number of rotatable bonds is 5. The summed E-state index contributed by atoms with van der Waals surface area (Å²) in [7, 11) is 4.15. The molecule has 0 bridgehead atoms. The number of aromatic nitrogens is 2. The zero-order valence-corrected chi connectivity index (χ0v) is 16.7. The third-order valence-corrected chi connectivity index (χ3v) is 6.61. The molecule has 7 heteroatoms. The van der Waals surface area contributed by atoms with Crippen LogP contribution in [-0.2, 0) is 25.9 Å². The summed E-state index contributed by atoms with van der Waals surface area (Å²) < 4.78 is 8.56. The van der Waals surface area contributed by atoms with Crippen LogP contribution in [-0.4, -0.2) is 29.8 Å². The van der Waals surface area contributed by atoms with Crippen LogP contribution in [0.15, 0.2) is 32.4 Å². The Kier molecular flexibility index (Phi) is 5.06. The molecule has 3 heterocycles. The summed E-state index contributed by atoms with van der Waals surface area (Å²) in [5.74, 6) is 0.625. The van der Waals surface area contributed by atoms with E-state index in [1.54, 1.807) is 29.7 Å². The maximum atomic E-state index is 13.3. The molecule has 0 saturated carbocycles. The highest BCUT2D eigenvalue weighted by molar-refractivity contribution is 7.18. The van der Waals surface area contributed by atoms with Crippen LogP contribution in [0.25, 0.3) is 10.2 Å². The summed E-state index contributed by atoms with van der Waals surface area (Å²) >= 11 is 1.65. The molecule has 0 unspecified atom stereocenters. The number of hydrogen-bond donors (Lipinski definition) is 1. The van der Waals surface area contributed by atoms with Crippen molar-refractivity contribution >= 4 is 21.6 Å². The molecule has 1 N–H and O–H groups in total. The number of furan rings is 1. The lowest BCUT2D eigenvalue weighted by atomic mass is 10.1. The molecule has 1 aliphatic rings. The lowest BCUT2D eigenvalue weighted by molar-refractivity contribution is -0.858. The van der Waals surface area contributed by atoms with Crippen molar-refractivity contribution in [2.45, 2.75) is 45.2 Å². The summed E-state index contributed by atoms with van der Waals surface area (Å²) in [5, 5.41) is 0.761. The highest BCUT2D eigenvalue weighted by Crippen LogP contribution is 2.33. The van der Waals surface area contributed by atoms with Gasteiger partial charge in [0.15, 0.2) is 0 Å². The number of aryl methyl sites for hydroxylation is 2. The van der Waals surface area contributed by atoms with Gasteiger partial charge < -0.3 is 9.32 Å². The van der Waals surface area contributed by atoms with Crippen LogP contribution in [0.5, 0.6) is 0 Å². The van der Waals surface area contributed by atoms with Crippen molar-refractivity contribution in [1.29, 1.82) is 0 Å². The highest BCUT2D eigenvalue weighted by atomic mass is 32.1. The van der Waals surface area contributed by atoms with E-state index in [4.69, 9.17) is 4.42 Å². The molecule has 0 fully saturated rings. The largest absolute Gasteiger partial charge is 0.467 e. The predicted octanol–water partition coefficient (Wildman–Crippen LogP) is 1.28. The lowest BCUT2D eigenvalue weighted by Crippen LogP contribution is -3.06. The first-order chi connectivity index (χ1) is 13.1. The third-order valence-electron chi connectivity index (χ3n) is 5.30. The number of quaternary nitrogens is 1. The average Bonchev–Trinajstić information content (AvgIpc) is 3.21. The molecule has 0 atom stereocenters. The zero-order chi connectivity index (χ0) is 19.0. The number of thiophene rings is 1. The first-order valence-corrected chi connectivity index (χ1v) is 10.5. The molecule has 3 aromatic rings. The van der Waals surface area contributed by atoms with Crippen LogP contribution in [0.1, 0.15) is 35.5 Å². The Bertz CT molecular complexity index is 1060. The maximum absolute atomic E-state index is 13.3. The topological polar surface area (TPSA) is 61.6 Å². The van der Waals surface area contributed by atoms with Gasteiger partial charge >= 0.3 is 5.69 Å². The van der Waals surface area contributed by atoms with Crippen molar-refractivity contribution < 1.29 is 9.32 Å². The van der Waals surface area contributed by atoms with E-state index in [-0.39, 0.29) is 17.8 Å². The van der Waals surface area contributed by atoms with Crippen LogP contribution in [0.3, 0.4) is 0 Å². The Hall–Kier alpha value is -2.12. The van der Waals surface area contributed by atoms with Crippen molar-refractivity contribution in [2.24, 2.45) is 0 Å². The van der Waals surface area contributed by atoms with E-state index in [0.29, 0.717) is 12.3 Å². The molecular weight excluding hydrogens is 362 g/mol. The van der Waals surface area contributed by atoms with Gasteiger partial charge in [0.25, 0.3) is 5.56 Å². The van der Waals surface area contributed by atoms with Crippen molar-refractivity contribution in [3.8, 4) is 0 Å². The van der Waals surface area contributed by atoms with Crippen molar-refractivity contribution in [3.63, 3.8) is 0 Å². The molecule has 0 saturated heterocycles. The van der Waals surface area contributed by atoms with Gasteiger partial charge in [0.2, 0.25) is 0 Å². The predicted molar refractivity (Wildman–Crippen MR) is 107 cm³/mol. The molecule has 27 heavy (non-hydrogen) atoms. The maximum Gasteiger partial charge on any atom is 0.332 e. The summed E-state index contributed by atoms with van der Waals surface area (Å²) in [4.78, 5) is 29.9. The number of hydrogen-bond acceptors (Lipinski definition) is 4. The minimum Gasteiger partial charge on any atom is -0.467 e. The molecule has 0 spiro atoms. The van der Waals surface area contributed by atoms with Crippen LogP contribution in [0.4, 0.5) is 0 Å². The first kappa shape index (κ1) is 18.3. The number of likely N-dealkylation sites (N-methyl/N-ethyl adjacent to an activating group) is 1. The van der Waals surface area contributed by atoms with Gasteiger partial charge in [-0.2, -0.15) is 0 Å². The zero-order valence-electron chi connectivity index (χ0n) is 15.9. The quantitative estimate of drug-likeness (QED) is 0.670. The number of nitrogens with zero attached hydrogens (tertiary/aromatic N) is 2. The fraction of sp³-hybridized carbons (Fsp3) is 0.500. The van der Waals surface area contributed by atoms with Crippen molar-refractivity contribution in [1.82, 2.24) is 9.13 Å². The summed E-state index contributed by atoms with van der Waals surface area (Å²) in [6.45, 7) is 1.62. The SMILES string of the molecule is C[NH+](C)CCn1c(=O)n(Cc2ccco2)c(=O)c2c3c(sc21)CCCCC3. The first-order valence-electron chi connectivity index (χ1n) is 9.65. The Morgan fingerprint density at radius 2 is 1.96 bits per heavy atom. The van der Waals surface area contributed by atoms with Gasteiger partial charge in [-0.1, -0.05) is 6.42 Å². The molecule has 1 aliphatic carbocycles. The normalized spacial score (nSPS) is 14.6. The second kappa shape index (κ2) is 7.48. The lowest BCUT2D eigenvalue weighted by Gasteiger charge is -2.13. The molecule has 144 valence electrons. The molecule has 3 aromatic heterocycles. The average molecular weight is 389 g/mol. The Morgan fingerprint density at radius 1 is 1.15 bits per heavy atom. The van der Waals surface area contributed by atoms with Crippen LogP contribution in [0.2, 0.25) is 0 Å². The van der Waals surface area contributed by atoms with Crippen molar-refractivity contribution in [2.75, 3.05) is 20.6 Å². The van der Waals surface area contributed by atoms with E-state index in [9.17, 15) is 9.59 Å². The standard InChI is InChI=1S/C20H25N3O3S/c1-21(2)10-11-22-19-17(15-8-4-3-5-9-16(15)27-19)18(24)23(20(22)25)13-14-7-6-12-26-14/h6-7,12H,3-5,8-11,13H2,1-2H3/p+1. The molecular formula is C20H26N3O3S+. The summed E-state index contributed by atoms with van der Waals surface area (Å²) in [6.07, 6.45) is 6.99. The minimum absolute atomic E-state index is 0.167. The van der Waals surface area contributed by atoms with Gasteiger partial charge in [-0.3, -0.25) is 13.9 Å². The minimum atomic E-state index is -0.235. The van der Waals surface area contributed by atoms with Gasteiger partial charge in [-0.15, -0.1) is 11.3 Å². The van der Waals surface area contributed by atoms with E-state index < -0.39 is 0 Å². The Balaban J connectivity index is 1.95. The second-order valence-corrected chi connectivity index (χ2v) is 8.69.